The maximum Gasteiger partial charge on any atom is 0.226 e. The van der Waals surface area contributed by atoms with E-state index in [-0.39, 0.29) is 0 Å². The smallest absolute Gasteiger partial charge is 0.226 e. The number of anilines is 1. The molecule has 88 valence electrons. The van der Waals surface area contributed by atoms with Crippen LogP contribution in [0.5, 0.6) is 0 Å². The van der Waals surface area contributed by atoms with Crippen LogP contribution in [-0.4, -0.2) is 36.3 Å². The highest BCUT2D eigenvalue weighted by atomic mass is 32.1. The average Bonchev–Trinajstić information content (AvgIpc) is 2.94. The van der Waals surface area contributed by atoms with Crippen molar-refractivity contribution < 1.29 is 4.74 Å². The van der Waals surface area contributed by atoms with Gasteiger partial charge in [0.1, 0.15) is 0 Å². The van der Waals surface area contributed by atoms with Gasteiger partial charge >= 0.3 is 0 Å². The first kappa shape index (κ1) is 10.7. The van der Waals surface area contributed by atoms with Crippen LogP contribution in [0, 0.1) is 0 Å². The summed E-state index contributed by atoms with van der Waals surface area (Å²) in [5.74, 6) is 0.805. The first-order valence-corrected chi connectivity index (χ1v) is 6.51. The molecule has 5 heteroatoms. The zero-order valence-corrected chi connectivity index (χ0v) is 10.2. The number of ether oxygens (including phenoxy) is 1. The van der Waals surface area contributed by atoms with Gasteiger partial charge in [-0.2, -0.15) is 0 Å². The van der Waals surface area contributed by atoms with E-state index in [0.29, 0.717) is 0 Å². The van der Waals surface area contributed by atoms with E-state index < -0.39 is 0 Å². The highest BCUT2D eigenvalue weighted by Gasteiger charge is 2.14. The van der Waals surface area contributed by atoms with Crippen LogP contribution >= 0.6 is 11.3 Å². The number of nitrogens with zero attached hydrogens (tertiary/aromatic N) is 3. The third-order valence-corrected chi connectivity index (χ3v) is 3.60. The summed E-state index contributed by atoms with van der Waals surface area (Å²) in [5, 5.41) is 2.06. The number of thiophene rings is 1. The van der Waals surface area contributed by atoms with Crippen molar-refractivity contribution in [2.45, 2.75) is 0 Å². The first-order chi connectivity index (χ1) is 8.43. The Morgan fingerprint density at radius 1 is 1.24 bits per heavy atom. The van der Waals surface area contributed by atoms with Crippen molar-refractivity contribution in [3.8, 4) is 10.6 Å². The minimum atomic E-state index is 0.757. The predicted octanol–water partition coefficient (Wildman–Crippen LogP) is 2.04. The largest absolute Gasteiger partial charge is 0.378 e. The number of aromatic nitrogens is 2. The van der Waals surface area contributed by atoms with Gasteiger partial charge in [0.2, 0.25) is 5.95 Å². The van der Waals surface area contributed by atoms with Crippen molar-refractivity contribution in [1.29, 1.82) is 0 Å². The number of rotatable bonds is 2. The molecule has 2 aromatic rings. The molecule has 0 atom stereocenters. The predicted molar refractivity (Wildman–Crippen MR) is 68.4 cm³/mol. The summed E-state index contributed by atoms with van der Waals surface area (Å²) in [4.78, 5) is 12.3. The fraction of sp³-hybridized carbons (Fsp3) is 0.333. The molecule has 1 aliphatic heterocycles. The summed E-state index contributed by atoms with van der Waals surface area (Å²) >= 11 is 1.70. The standard InChI is InChI=1S/C12H13N3OS/c1-2-11(17-9-1)10-3-4-13-12(14-10)15-5-7-16-8-6-15/h1-4,9H,5-8H2. The third kappa shape index (κ3) is 2.30. The van der Waals surface area contributed by atoms with Crippen LogP contribution in [0.25, 0.3) is 10.6 Å². The van der Waals surface area contributed by atoms with Crippen LogP contribution in [0.2, 0.25) is 0 Å². The van der Waals surface area contributed by atoms with Gasteiger partial charge in [-0.15, -0.1) is 11.3 Å². The summed E-state index contributed by atoms with van der Waals surface area (Å²) < 4.78 is 5.33. The Morgan fingerprint density at radius 2 is 2.12 bits per heavy atom. The van der Waals surface area contributed by atoms with E-state index >= 15 is 0 Å². The van der Waals surface area contributed by atoms with Gasteiger partial charge in [0.15, 0.2) is 0 Å². The van der Waals surface area contributed by atoms with Crippen LogP contribution in [0.1, 0.15) is 0 Å². The fourth-order valence-electron chi connectivity index (χ4n) is 1.83. The number of hydrogen-bond acceptors (Lipinski definition) is 5. The molecule has 1 aliphatic rings. The minimum Gasteiger partial charge on any atom is -0.378 e. The molecule has 0 bridgehead atoms. The van der Waals surface area contributed by atoms with Crippen LogP contribution in [0.3, 0.4) is 0 Å². The topological polar surface area (TPSA) is 38.2 Å². The molecule has 3 rings (SSSR count). The summed E-state index contributed by atoms with van der Waals surface area (Å²) in [6.07, 6.45) is 1.83. The average molecular weight is 247 g/mol. The van der Waals surface area contributed by atoms with Gasteiger partial charge in [0, 0.05) is 19.3 Å². The molecule has 0 N–H and O–H groups in total. The van der Waals surface area contributed by atoms with E-state index in [0.717, 1.165) is 37.9 Å². The van der Waals surface area contributed by atoms with Crippen molar-refractivity contribution in [2.24, 2.45) is 0 Å². The van der Waals surface area contributed by atoms with Crippen LogP contribution < -0.4 is 4.90 Å². The molecule has 0 aromatic carbocycles. The Balaban J connectivity index is 1.88. The zero-order valence-electron chi connectivity index (χ0n) is 9.37. The normalized spacial score (nSPS) is 16.1. The Morgan fingerprint density at radius 3 is 2.88 bits per heavy atom. The van der Waals surface area contributed by atoms with E-state index in [9.17, 15) is 0 Å². The van der Waals surface area contributed by atoms with Crippen LogP contribution in [0.4, 0.5) is 5.95 Å². The maximum atomic E-state index is 5.33. The molecular formula is C12H13N3OS. The van der Waals surface area contributed by atoms with E-state index in [1.54, 1.807) is 11.3 Å². The lowest BCUT2D eigenvalue weighted by Gasteiger charge is -2.26. The summed E-state index contributed by atoms with van der Waals surface area (Å²) in [6, 6.07) is 6.07. The second-order valence-electron chi connectivity index (χ2n) is 3.82. The lowest BCUT2D eigenvalue weighted by atomic mass is 10.3. The molecule has 0 radical (unpaired) electrons. The van der Waals surface area contributed by atoms with Gasteiger partial charge in [0.25, 0.3) is 0 Å². The second kappa shape index (κ2) is 4.81. The van der Waals surface area contributed by atoms with Crippen molar-refractivity contribution in [2.75, 3.05) is 31.2 Å². The molecular weight excluding hydrogens is 234 g/mol. The van der Waals surface area contributed by atoms with Crippen LogP contribution in [0.15, 0.2) is 29.8 Å². The monoisotopic (exact) mass is 247 g/mol. The molecule has 1 saturated heterocycles. The summed E-state index contributed by atoms with van der Waals surface area (Å²) in [7, 11) is 0. The van der Waals surface area contributed by atoms with Gasteiger partial charge in [-0.25, -0.2) is 9.97 Å². The van der Waals surface area contributed by atoms with Gasteiger partial charge in [-0.05, 0) is 17.5 Å². The van der Waals surface area contributed by atoms with Gasteiger partial charge in [-0.3, -0.25) is 0 Å². The van der Waals surface area contributed by atoms with Crippen molar-refractivity contribution in [3.63, 3.8) is 0 Å². The van der Waals surface area contributed by atoms with E-state index in [2.05, 4.69) is 26.3 Å². The van der Waals surface area contributed by atoms with Gasteiger partial charge in [0.05, 0.1) is 23.8 Å². The Hall–Kier alpha value is -1.46. The zero-order chi connectivity index (χ0) is 11.5. The molecule has 17 heavy (non-hydrogen) atoms. The molecule has 2 aromatic heterocycles. The minimum absolute atomic E-state index is 0.757. The molecule has 0 spiro atoms. The quantitative estimate of drug-likeness (QED) is 0.814. The molecule has 0 unspecified atom stereocenters. The van der Waals surface area contributed by atoms with Crippen molar-refractivity contribution in [1.82, 2.24) is 9.97 Å². The Kier molecular flexibility index (Phi) is 3.02. The van der Waals surface area contributed by atoms with Crippen LogP contribution in [-0.2, 0) is 4.74 Å². The molecule has 1 fully saturated rings. The van der Waals surface area contributed by atoms with Crippen molar-refractivity contribution >= 4 is 17.3 Å². The summed E-state index contributed by atoms with van der Waals surface area (Å²) in [6.45, 7) is 3.25. The van der Waals surface area contributed by atoms with Gasteiger partial charge in [-0.1, -0.05) is 6.07 Å². The second-order valence-corrected chi connectivity index (χ2v) is 4.77. The lowest BCUT2D eigenvalue weighted by Crippen LogP contribution is -2.37. The highest BCUT2D eigenvalue weighted by Crippen LogP contribution is 2.23. The first-order valence-electron chi connectivity index (χ1n) is 5.63. The highest BCUT2D eigenvalue weighted by molar-refractivity contribution is 7.13. The number of morpholine rings is 1. The Bertz CT molecular complexity index is 480. The molecule has 3 heterocycles. The SMILES string of the molecule is c1csc(-c2ccnc(N3CCOCC3)n2)c1. The Labute approximate surface area is 104 Å². The number of hydrogen-bond donors (Lipinski definition) is 0. The third-order valence-electron chi connectivity index (χ3n) is 2.71. The summed E-state index contributed by atoms with van der Waals surface area (Å²) in [5.41, 5.74) is 0.997. The maximum absolute atomic E-state index is 5.33. The van der Waals surface area contributed by atoms with Gasteiger partial charge < -0.3 is 9.64 Å². The fourth-order valence-corrected chi connectivity index (χ4v) is 2.52. The molecule has 4 nitrogen and oxygen atoms in total. The van der Waals surface area contributed by atoms with E-state index in [4.69, 9.17) is 4.74 Å². The van der Waals surface area contributed by atoms with Crippen molar-refractivity contribution in [3.05, 3.63) is 29.8 Å². The van der Waals surface area contributed by atoms with E-state index in [1.165, 1.54) is 4.88 Å². The molecule has 0 aliphatic carbocycles. The molecule has 0 amide bonds. The molecule has 0 saturated carbocycles. The van der Waals surface area contributed by atoms with E-state index in [1.807, 2.05) is 18.3 Å². The lowest BCUT2D eigenvalue weighted by molar-refractivity contribution is 0.122.